The van der Waals surface area contributed by atoms with E-state index in [1.165, 1.54) is 7.11 Å². The number of nitrogens with zero attached hydrogens (tertiary/aromatic N) is 1. The first-order valence-corrected chi connectivity index (χ1v) is 5.12. The van der Waals surface area contributed by atoms with Crippen molar-refractivity contribution >= 4 is 23.5 Å². The first-order chi connectivity index (χ1) is 6.72. The fourth-order valence-electron chi connectivity index (χ4n) is 0.831. The van der Waals surface area contributed by atoms with Crippen LogP contribution in [0.2, 0.25) is 0 Å². The second-order valence-electron chi connectivity index (χ2n) is 2.59. The molecule has 1 heterocycles. The van der Waals surface area contributed by atoms with Crippen molar-refractivity contribution in [1.82, 2.24) is 4.98 Å². The minimum absolute atomic E-state index is 0.194. The number of ether oxygens (including phenoxy) is 1. The Kier molecular flexibility index (Phi) is 4.25. The van der Waals surface area contributed by atoms with Crippen LogP contribution in [0.4, 0.5) is 5.82 Å². The van der Waals surface area contributed by atoms with Crippen LogP contribution in [0.5, 0.6) is 0 Å². The summed E-state index contributed by atoms with van der Waals surface area (Å²) < 4.78 is 4.52. The molecule has 0 aliphatic carbocycles. The highest BCUT2D eigenvalue weighted by Crippen LogP contribution is 2.18. The Labute approximate surface area is 86.8 Å². The first kappa shape index (κ1) is 10.8. The molecule has 1 rings (SSSR count). The SMILES string of the molecule is COC(=O)CCSc1ccc(N)nc1. The van der Waals surface area contributed by atoms with E-state index in [4.69, 9.17) is 5.73 Å². The summed E-state index contributed by atoms with van der Waals surface area (Å²) in [5.74, 6) is 1.00. The fraction of sp³-hybridized carbons (Fsp3) is 0.333. The Balaban J connectivity index is 2.31. The molecular weight excluding hydrogens is 200 g/mol. The molecule has 0 fully saturated rings. The largest absolute Gasteiger partial charge is 0.469 e. The second-order valence-corrected chi connectivity index (χ2v) is 3.76. The Morgan fingerprint density at radius 2 is 2.43 bits per heavy atom. The van der Waals surface area contributed by atoms with Crippen LogP contribution < -0.4 is 5.73 Å². The van der Waals surface area contributed by atoms with Gasteiger partial charge < -0.3 is 10.5 Å². The molecule has 0 saturated carbocycles. The van der Waals surface area contributed by atoms with Gasteiger partial charge in [-0.3, -0.25) is 4.79 Å². The van der Waals surface area contributed by atoms with Crippen molar-refractivity contribution in [3.8, 4) is 0 Å². The zero-order valence-corrected chi connectivity index (χ0v) is 8.71. The normalized spacial score (nSPS) is 9.79. The summed E-state index contributed by atoms with van der Waals surface area (Å²) in [5.41, 5.74) is 5.43. The summed E-state index contributed by atoms with van der Waals surface area (Å²) in [4.78, 5) is 15.7. The highest BCUT2D eigenvalue weighted by molar-refractivity contribution is 7.99. The minimum Gasteiger partial charge on any atom is -0.469 e. The first-order valence-electron chi connectivity index (χ1n) is 4.13. The van der Waals surface area contributed by atoms with Crippen LogP contribution in [0.25, 0.3) is 0 Å². The molecule has 1 aromatic heterocycles. The molecule has 0 spiro atoms. The molecule has 0 aliphatic heterocycles. The third-order valence-corrected chi connectivity index (χ3v) is 2.54. The molecular formula is C9H12N2O2S. The quantitative estimate of drug-likeness (QED) is 0.602. The predicted molar refractivity (Wildman–Crippen MR) is 56.0 cm³/mol. The summed E-state index contributed by atoms with van der Waals surface area (Å²) in [6.07, 6.45) is 2.10. The molecule has 0 unspecified atom stereocenters. The Morgan fingerprint density at radius 1 is 1.64 bits per heavy atom. The van der Waals surface area contributed by atoms with Gasteiger partial charge >= 0.3 is 5.97 Å². The van der Waals surface area contributed by atoms with Gasteiger partial charge in [0.25, 0.3) is 0 Å². The summed E-state index contributed by atoms with van der Waals surface area (Å²) in [6, 6.07) is 3.62. The van der Waals surface area contributed by atoms with Crippen molar-refractivity contribution in [2.45, 2.75) is 11.3 Å². The van der Waals surface area contributed by atoms with Crippen molar-refractivity contribution in [2.75, 3.05) is 18.6 Å². The number of hydrogen-bond donors (Lipinski definition) is 1. The Morgan fingerprint density at radius 3 is 3.00 bits per heavy atom. The minimum atomic E-state index is -0.194. The number of methoxy groups -OCH3 is 1. The number of nitrogen functional groups attached to an aromatic ring is 1. The second kappa shape index (κ2) is 5.49. The maximum absolute atomic E-state index is 10.8. The molecule has 4 nitrogen and oxygen atoms in total. The van der Waals surface area contributed by atoms with Crippen LogP contribution in [0.15, 0.2) is 23.2 Å². The molecule has 0 amide bonds. The van der Waals surface area contributed by atoms with Gasteiger partial charge in [-0.15, -0.1) is 11.8 Å². The molecule has 5 heteroatoms. The molecule has 1 aromatic rings. The molecule has 0 aliphatic rings. The number of hydrogen-bond acceptors (Lipinski definition) is 5. The maximum Gasteiger partial charge on any atom is 0.306 e. The Bertz CT molecular complexity index is 300. The predicted octanol–water partition coefficient (Wildman–Crippen LogP) is 1.32. The standard InChI is InChI=1S/C9H12N2O2S/c1-13-9(12)4-5-14-7-2-3-8(10)11-6-7/h2-3,6H,4-5H2,1H3,(H2,10,11). The molecule has 0 saturated heterocycles. The lowest BCUT2D eigenvalue weighted by molar-refractivity contribution is -0.140. The zero-order valence-electron chi connectivity index (χ0n) is 7.90. The number of rotatable bonds is 4. The van der Waals surface area contributed by atoms with Crippen LogP contribution in [-0.2, 0) is 9.53 Å². The van der Waals surface area contributed by atoms with Gasteiger partial charge in [-0.1, -0.05) is 0 Å². The molecule has 0 atom stereocenters. The van der Waals surface area contributed by atoms with E-state index < -0.39 is 0 Å². The van der Waals surface area contributed by atoms with E-state index in [1.54, 1.807) is 24.0 Å². The number of carbonyl (C=O) groups is 1. The summed E-state index contributed by atoms with van der Waals surface area (Å²) >= 11 is 1.55. The van der Waals surface area contributed by atoms with E-state index in [-0.39, 0.29) is 5.97 Å². The summed E-state index contributed by atoms with van der Waals surface area (Å²) in [7, 11) is 1.39. The molecule has 76 valence electrons. The zero-order chi connectivity index (χ0) is 10.4. The van der Waals surface area contributed by atoms with E-state index in [0.29, 0.717) is 18.0 Å². The van der Waals surface area contributed by atoms with Gasteiger partial charge in [0.15, 0.2) is 0 Å². The topological polar surface area (TPSA) is 65.2 Å². The highest BCUT2D eigenvalue weighted by Gasteiger charge is 2.00. The summed E-state index contributed by atoms with van der Waals surface area (Å²) in [5, 5.41) is 0. The lowest BCUT2D eigenvalue weighted by Gasteiger charge is -2.00. The van der Waals surface area contributed by atoms with E-state index in [9.17, 15) is 4.79 Å². The lowest BCUT2D eigenvalue weighted by atomic mass is 10.5. The van der Waals surface area contributed by atoms with Crippen molar-refractivity contribution in [3.63, 3.8) is 0 Å². The summed E-state index contributed by atoms with van der Waals surface area (Å²) in [6.45, 7) is 0. The number of thioether (sulfide) groups is 1. The van der Waals surface area contributed by atoms with E-state index >= 15 is 0 Å². The van der Waals surface area contributed by atoms with Crippen molar-refractivity contribution < 1.29 is 9.53 Å². The van der Waals surface area contributed by atoms with Gasteiger partial charge in [-0.05, 0) is 12.1 Å². The third kappa shape index (κ3) is 3.66. The van der Waals surface area contributed by atoms with Gasteiger partial charge in [-0.25, -0.2) is 4.98 Å². The molecule has 0 radical (unpaired) electrons. The van der Waals surface area contributed by atoms with Gasteiger partial charge in [0.05, 0.1) is 13.5 Å². The van der Waals surface area contributed by atoms with Crippen molar-refractivity contribution in [2.24, 2.45) is 0 Å². The van der Waals surface area contributed by atoms with Crippen LogP contribution in [0.3, 0.4) is 0 Å². The number of pyridine rings is 1. The Hall–Kier alpha value is -1.23. The van der Waals surface area contributed by atoms with Gasteiger partial charge in [0, 0.05) is 16.8 Å². The van der Waals surface area contributed by atoms with Crippen LogP contribution in [-0.4, -0.2) is 23.8 Å². The smallest absolute Gasteiger partial charge is 0.306 e. The van der Waals surface area contributed by atoms with Crippen molar-refractivity contribution in [1.29, 1.82) is 0 Å². The van der Waals surface area contributed by atoms with Crippen LogP contribution in [0.1, 0.15) is 6.42 Å². The molecule has 14 heavy (non-hydrogen) atoms. The highest BCUT2D eigenvalue weighted by atomic mass is 32.2. The lowest BCUT2D eigenvalue weighted by Crippen LogP contribution is -2.00. The molecule has 2 N–H and O–H groups in total. The monoisotopic (exact) mass is 212 g/mol. The van der Waals surface area contributed by atoms with Crippen molar-refractivity contribution in [3.05, 3.63) is 18.3 Å². The average Bonchev–Trinajstić information content (AvgIpc) is 2.21. The van der Waals surface area contributed by atoms with Gasteiger partial charge in [0.1, 0.15) is 5.82 Å². The molecule has 0 aromatic carbocycles. The van der Waals surface area contributed by atoms with Gasteiger partial charge in [0.2, 0.25) is 0 Å². The maximum atomic E-state index is 10.8. The third-order valence-electron chi connectivity index (χ3n) is 1.56. The average molecular weight is 212 g/mol. The van der Waals surface area contributed by atoms with E-state index in [2.05, 4.69) is 9.72 Å². The van der Waals surface area contributed by atoms with Crippen LogP contribution >= 0.6 is 11.8 Å². The number of carbonyl (C=O) groups excluding carboxylic acids is 1. The fourth-order valence-corrected chi connectivity index (χ4v) is 1.63. The molecule has 0 bridgehead atoms. The van der Waals surface area contributed by atoms with Crippen LogP contribution in [0, 0.1) is 0 Å². The van der Waals surface area contributed by atoms with Gasteiger partial charge in [-0.2, -0.15) is 0 Å². The number of esters is 1. The van der Waals surface area contributed by atoms with E-state index in [0.717, 1.165) is 4.90 Å². The number of nitrogens with two attached hydrogens (primary N) is 1. The number of aromatic nitrogens is 1. The number of anilines is 1. The van der Waals surface area contributed by atoms with E-state index in [1.807, 2.05) is 6.07 Å².